The molecule has 0 unspecified atom stereocenters. The summed E-state index contributed by atoms with van der Waals surface area (Å²) in [4.78, 5) is 14.5. The molecule has 0 saturated heterocycles. The van der Waals surface area contributed by atoms with Gasteiger partial charge < -0.3 is 19.7 Å². The largest absolute Gasteiger partial charge is 0.486 e. The molecule has 0 atom stereocenters. The van der Waals surface area contributed by atoms with Crippen LogP contribution in [0.2, 0.25) is 0 Å². The summed E-state index contributed by atoms with van der Waals surface area (Å²) < 4.78 is 11.1. The van der Waals surface area contributed by atoms with Crippen LogP contribution in [0.25, 0.3) is 0 Å². The molecule has 0 radical (unpaired) electrons. The van der Waals surface area contributed by atoms with E-state index < -0.39 is 0 Å². The molecule has 0 fully saturated rings. The van der Waals surface area contributed by atoms with Gasteiger partial charge in [-0.15, -0.1) is 0 Å². The Hall–Kier alpha value is -2.69. The van der Waals surface area contributed by atoms with Crippen molar-refractivity contribution in [3.05, 3.63) is 53.6 Å². The summed E-state index contributed by atoms with van der Waals surface area (Å²) in [5.41, 5.74) is 3.67. The molecule has 5 heteroatoms. The Morgan fingerprint density at radius 3 is 2.85 bits per heavy atom. The van der Waals surface area contributed by atoms with Crippen LogP contribution in [0.5, 0.6) is 11.5 Å². The van der Waals surface area contributed by atoms with E-state index in [1.54, 1.807) is 0 Å². The van der Waals surface area contributed by atoms with Crippen LogP contribution >= 0.6 is 0 Å². The quantitative estimate of drug-likeness (QED) is 0.899. The van der Waals surface area contributed by atoms with E-state index in [2.05, 4.69) is 28.4 Å². The van der Waals surface area contributed by atoms with E-state index in [0.717, 1.165) is 42.9 Å². The fraction of sp³-hybridized carbons (Fsp3) is 0.381. The van der Waals surface area contributed by atoms with Crippen LogP contribution in [0, 0.1) is 0 Å². The number of nitrogens with zero attached hydrogens (tertiary/aromatic N) is 1. The Morgan fingerprint density at radius 1 is 1.08 bits per heavy atom. The first kappa shape index (κ1) is 16.8. The molecule has 2 aliphatic heterocycles. The first-order valence-corrected chi connectivity index (χ1v) is 9.28. The highest BCUT2D eigenvalue weighted by Gasteiger charge is 2.18. The highest BCUT2D eigenvalue weighted by molar-refractivity contribution is 5.81. The van der Waals surface area contributed by atoms with Gasteiger partial charge in [-0.2, -0.15) is 0 Å². The molecule has 0 aromatic heterocycles. The molecule has 2 aliphatic rings. The van der Waals surface area contributed by atoms with Crippen LogP contribution in [0.15, 0.2) is 42.5 Å². The van der Waals surface area contributed by atoms with Gasteiger partial charge in [0, 0.05) is 18.8 Å². The molecule has 2 heterocycles. The van der Waals surface area contributed by atoms with Crippen LogP contribution in [0.1, 0.15) is 17.5 Å². The molecule has 0 spiro atoms. The van der Waals surface area contributed by atoms with Crippen molar-refractivity contribution >= 4 is 11.6 Å². The SMILES string of the molecule is O=C(CN1CCCc2ccccc21)NCCc1ccc2c(c1)OCCO2. The maximum absolute atomic E-state index is 12.3. The highest BCUT2D eigenvalue weighted by Crippen LogP contribution is 2.30. The smallest absolute Gasteiger partial charge is 0.239 e. The average Bonchev–Trinajstić information content (AvgIpc) is 2.68. The molecule has 136 valence electrons. The Kier molecular flexibility index (Phi) is 4.95. The van der Waals surface area contributed by atoms with Crippen molar-refractivity contribution in [1.29, 1.82) is 0 Å². The number of ether oxygens (including phenoxy) is 2. The number of amides is 1. The van der Waals surface area contributed by atoms with Crippen molar-refractivity contribution in [2.24, 2.45) is 0 Å². The number of hydrogen-bond acceptors (Lipinski definition) is 4. The number of nitrogens with one attached hydrogen (secondary N) is 1. The van der Waals surface area contributed by atoms with Gasteiger partial charge in [0.1, 0.15) is 13.2 Å². The molecular formula is C21H24N2O3. The minimum atomic E-state index is 0.0687. The lowest BCUT2D eigenvalue weighted by atomic mass is 10.0. The molecular weight excluding hydrogens is 328 g/mol. The van der Waals surface area contributed by atoms with E-state index in [1.165, 1.54) is 11.3 Å². The van der Waals surface area contributed by atoms with E-state index in [-0.39, 0.29) is 5.91 Å². The lowest BCUT2D eigenvalue weighted by Crippen LogP contribution is -2.40. The van der Waals surface area contributed by atoms with E-state index in [4.69, 9.17) is 9.47 Å². The normalized spacial score (nSPS) is 15.3. The Bertz CT molecular complexity index is 791. The number of aryl methyl sites for hydroxylation is 1. The van der Waals surface area contributed by atoms with Crippen LogP contribution in [0.3, 0.4) is 0 Å². The zero-order chi connectivity index (χ0) is 17.8. The molecule has 1 N–H and O–H groups in total. The van der Waals surface area contributed by atoms with Crippen molar-refractivity contribution in [3.8, 4) is 11.5 Å². The summed E-state index contributed by atoms with van der Waals surface area (Å²) in [6, 6.07) is 14.3. The molecule has 26 heavy (non-hydrogen) atoms. The summed E-state index contributed by atoms with van der Waals surface area (Å²) in [6.45, 7) is 3.16. The summed E-state index contributed by atoms with van der Waals surface area (Å²) in [5, 5.41) is 3.04. The van der Waals surface area contributed by atoms with Gasteiger partial charge in [0.15, 0.2) is 11.5 Å². The third-order valence-electron chi connectivity index (χ3n) is 4.88. The maximum Gasteiger partial charge on any atom is 0.239 e. The van der Waals surface area contributed by atoms with Crippen molar-refractivity contribution in [3.63, 3.8) is 0 Å². The Balaban J connectivity index is 1.28. The minimum absolute atomic E-state index is 0.0687. The van der Waals surface area contributed by atoms with E-state index >= 15 is 0 Å². The summed E-state index contributed by atoms with van der Waals surface area (Å²) in [7, 11) is 0. The predicted molar refractivity (Wildman–Crippen MR) is 101 cm³/mol. The first-order chi connectivity index (χ1) is 12.8. The van der Waals surface area contributed by atoms with E-state index in [0.29, 0.717) is 26.3 Å². The topological polar surface area (TPSA) is 50.8 Å². The van der Waals surface area contributed by atoms with Gasteiger partial charge in [0.05, 0.1) is 6.54 Å². The summed E-state index contributed by atoms with van der Waals surface area (Å²) >= 11 is 0. The Labute approximate surface area is 153 Å². The van der Waals surface area contributed by atoms with Gasteiger partial charge in [0.25, 0.3) is 0 Å². The van der Waals surface area contributed by atoms with Gasteiger partial charge in [-0.1, -0.05) is 24.3 Å². The molecule has 0 aliphatic carbocycles. The van der Waals surface area contributed by atoms with Gasteiger partial charge in [-0.25, -0.2) is 0 Å². The zero-order valence-electron chi connectivity index (χ0n) is 14.9. The number of anilines is 1. The van der Waals surface area contributed by atoms with Crippen LogP contribution < -0.4 is 19.7 Å². The number of hydrogen-bond donors (Lipinski definition) is 1. The van der Waals surface area contributed by atoms with Crippen molar-refractivity contribution < 1.29 is 14.3 Å². The first-order valence-electron chi connectivity index (χ1n) is 9.28. The molecule has 0 bridgehead atoms. The molecule has 0 saturated carbocycles. The average molecular weight is 352 g/mol. The molecule has 1 amide bonds. The van der Waals surface area contributed by atoms with Crippen LogP contribution in [0.4, 0.5) is 5.69 Å². The Morgan fingerprint density at radius 2 is 1.92 bits per heavy atom. The molecule has 2 aromatic carbocycles. The lowest BCUT2D eigenvalue weighted by Gasteiger charge is -2.30. The van der Waals surface area contributed by atoms with E-state index in [1.807, 2.05) is 24.3 Å². The number of carbonyl (C=O) groups excluding carboxylic acids is 1. The van der Waals surface area contributed by atoms with Crippen molar-refractivity contribution in [2.75, 3.05) is 37.7 Å². The van der Waals surface area contributed by atoms with E-state index in [9.17, 15) is 4.79 Å². The number of fused-ring (bicyclic) bond motifs is 2. The number of carbonyl (C=O) groups is 1. The monoisotopic (exact) mass is 352 g/mol. The summed E-state index contributed by atoms with van der Waals surface area (Å²) in [6.07, 6.45) is 2.97. The van der Waals surface area contributed by atoms with Gasteiger partial charge >= 0.3 is 0 Å². The van der Waals surface area contributed by atoms with Gasteiger partial charge in [-0.3, -0.25) is 4.79 Å². The third kappa shape index (κ3) is 3.77. The second kappa shape index (κ2) is 7.68. The lowest BCUT2D eigenvalue weighted by molar-refractivity contribution is -0.119. The summed E-state index contributed by atoms with van der Waals surface area (Å²) in [5.74, 6) is 1.66. The third-order valence-corrected chi connectivity index (χ3v) is 4.88. The molecule has 5 nitrogen and oxygen atoms in total. The predicted octanol–water partition coefficient (Wildman–Crippen LogP) is 2.57. The minimum Gasteiger partial charge on any atom is -0.486 e. The van der Waals surface area contributed by atoms with Crippen LogP contribution in [-0.2, 0) is 17.6 Å². The van der Waals surface area contributed by atoms with Crippen LogP contribution in [-0.4, -0.2) is 38.8 Å². The number of rotatable bonds is 5. The molecule has 2 aromatic rings. The van der Waals surface area contributed by atoms with Gasteiger partial charge in [-0.05, 0) is 48.6 Å². The fourth-order valence-corrected chi connectivity index (χ4v) is 3.59. The van der Waals surface area contributed by atoms with Crippen molar-refractivity contribution in [2.45, 2.75) is 19.3 Å². The highest BCUT2D eigenvalue weighted by atomic mass is 16.6. The van der Waals surface area contributed by atoms with Gasteiger partial charge in [0.2, 0.25) is 5.91 Å². The van der Waals surface area contributed by atoms with Crippen molar-refractivity contribution in [1.82, 2.24) is 5.32 Å². The zero-order valence-corrected chi connectivity index (χ0v) is 14.9. The maximum atomic E-state index is 12.3. The number of benzene rings is 2. The number of para-hydroxylation sites is 1. The second-order valence-corrected chi connectivity index (χ2v) is 6.73. The fourth-order valence-electron chi connectivity index (χ4n) is 3.59. The second-order valence-electron chi connectivity index (χ2n) is 6.73. The molecule has 4 rings (SSSR count). The standard InChI is InChI=1S/C21H24N2O3/c24-21(15-23-11-3-5-17-4-1-2-6-18(17)23)22-10-9-16-7-8-19-20(14-16)26-13-12-25-19/h1-2,4,6-8,14H,3,5,9-13,15H2,(H,22,24).